The van der Waals surface area contributed by atoms with Gasteiger partial charge in [0, 0.05) is 23.1 Å². The Morgan fingerprint density at radius 1 is 0.905 bits per heavy atom. The van der Waals surface area contributed by atoms with E-state index in [0.29, 0.717) is 23.1 Å². The van der Waals surface area contributed by atoms with Crippen LogP contribution in [0, 0.1) is 0 Å². The van der Waals surface area contributed by atoms with E-state index in [1.54, 1.807) is 6.07 Å². The second kappa shape index (κ2) is 8.03. The van der Waals surface area contributed by atoms with E-state index in [9.17, 15) is 4.79 Å². The van der Waals surface area contributed by atoms with E-state index in [2.05, 4.69) is 10.6 Å². The first-order chi connectivity index (χ1) is 10.1. The number of halogens is 2. The summed E-state index contributed by atoms with van der Waals surface area (Å²) < 4.78 is 0. The highest BCUT2D eigenvalue weighted by Crippen LogP contribution is 2.18. The van der Waals surface area contributed by atoms with Gasteiger partial charge in [-0.3, -0.25) is 4.79 Å². The predicted molar refractivity (Wildman–Crippen MR) is 86.5 cm³/mol. The van der Waals surface area contributed by atoms with Gasteiger partial charge in [-0.25, -0.2) is 0 Å². The minimum Gasteiger partial charge on any atom is -0.351 e. The smallest absolute Gasteiger partial charge is 0.234 e. The second-order valence-corrected chi connectivity index (χ2v) is 5.52. The van der Waals surface area contributed by atoms with Crippen LogP contribution in [0.5, 0.6) is 0 Å². The zero-order valence-electron chi connectivity index (χ0n) is 11.4. The largest absolute Gasteiger partial charge is 0.351 e. The van der Waals surface area contributed by atoms with E-state index in [4.69, 9.17) is 23.2 Å². The molecule has 0 heterocycles. The summed E-state index contributed by atoms with van der Waals surface area (Å²) >= 11 is 11.8. The fourth-order valence-electron chi connectivity index (χ4n) is 1.89. The molecule has 2 N–H and O–H groups in total. The van der Waals surface area contributed by atoms with Gasteiger partial charge < -0.3 is 10.6 Å². The molecule has 1 amide bonds. The molecule has 110 valence electrons. The van der Waals surface area contributed by atoms with Crippen molar-refractivity contribution in [1.82, 2.24) is 10.6 Å². The first-order valence-corrected chi connectivity index (χ1v) is 7.35. The van der Waals surface area contributed by atoms with Gasteiger partial charge in [-0.15, -0.1) is 0 Å². The molecular weight excluding hydrogens is 307 g/mol. The molecule has 0 spiro atoms. The monoisotopic (exact) mass is 322 g/mol. The van der Waals surface area contributed by atoms with Gasteiger partial charge in [0.15, 0.2) is 0 Å². The van der Waals surface area contributed by atoms with Crippen LogP contribution < -0.4 is 10.6 Å². The summed E-state index contributed by atoms with van der Waals surface area (Å²) in [5.41, 5.74) is 2.02. The Morgan fingerprint density at radius 2 is 1.57 bits per heavy atom. The van der Waals surface area contributed by atoms with Gasteiger partial charge in [0.2, 0.25) is 5.91 Å². The molecule has 2 aromatic rings. The van der Waals surface area contributed by atoms with Crippen LogP contribution in [0.1, 0.15) is 11.1 Å². The second-order valence-electron chi connectivity index (χ2n) is 4.64. The van der Waals surface area contributed by atoms with Crippen LogP contribution in [0.4, 0.5) is 0 Å². The van der Waals surface area contributed by atoms with E-state index in [1.807, 2.05) is 42.5 Å². The SMILES string of the molecule is O=C(CNCc1cc(Cl)cc(Cl)c1)NCc1ccccc1. The summed E-state index contributed by atoms with van der Waals surface area (Å²) in [5, 5.41) is 7.10. The molecule has 0 saturated heterocycles. The number of amides is 1. The van der Waals surface area contributed by atoms with E-state index in [1.165, 1.54) is 0 Å². The van der Waals surface area contributed by atoms with Crippen molar-refractivity contribution in [1.29, 1.82) is 0 Å². The molecule has 3 nitrogen and oxygen atoms in total. The Bertz CT molecular complexity index is 582. The standard InChI is InChI=1S/C16H16Cl2N2O/c17-14-6-13(7-15(18)8-14)9-19-11-16(21)20-10-12-4-2-1-3-5-12/h1-8,19H,9-11H2,(H,20,21). The molecule has 0 aromatic heterocycles. The van der Waals surface area contributed by atoms with Crippen molar-refractivity contribution in [3.8, 4) is 0 Å². The van der Waals surface area contributed by atoms with E-state index >= 15 is 0 Å². The van der Waals surface area contributed by atoms with Crippen molar-refractivity contribution in [2.45, 2.75) is 13.1 Å². The van der Waals surface area contributed by atoms with Gasteiger partial charge in [0.25, 0.3) is 0 Å². The third kappa shape index (κ3) is 5.76. The maximum Gasteiger partial charge on any atom is 0.234 e. The van der Waals surface area contributed by atoms with Crippen molar-refractivity contribution < 1.29 is 4.79 Å². The maximum atomic E-state index is 11.7. The summed E-state index contributed by atoms with van der Waals surface area (Å²) in [6.45, 7) is 1.32. The van der Waals surface area contributed by atoms with Crippen LogP contribution in [0.3, 0.4) is 0 Å². The van der Waals surface area contributed by atoms with Crippen LogP contribution in [-0.4, -0.2) is 12.5 Å². The van der Waals surface area contributed by atoms with Crippen molar-refractivity contribution in [3.05, 3.63) is 69.7 Å². The van der Waals surface area contributed by atoms with Crippen LogP contribution in [0.2, 0.25) is 10.0 Å². The summed E-state index contributed by atoms with van der Waals surface area (Å²) in [6.07, 6.45) is 0. The average molecular weight is 323 g/mol. The molecule has 0 aliphatic rings. The lowest BCUT2D eigenvalue weighted by Gasteiger charge is -2.07. The summed E-state index contributed by atoms with van der Waals surface area (Å²) in [7, 11) is 0. The molecular formula is C16H16Cl2N2O. The highest BCUT2D eigenvalue weighted by atomic mass is 35.5. The average Bonchev–Trinajstić information content (AvgIpc) is 2.45. The topological polar surface area (TPSA) is 41.1 Å². The van der Waals surface area contributed by atoms with Gasteiger partial charge >= 0.3 is 0 Å². The summed E-state index contributed by atoms with van der Waals surface area (Å²) in [5.74, 6) is -0.0491. The number of rotatable bonds is 6. The molecule has 0 fully saturated rings. The van der Waals surface area contributed by atoms with Gasteiger partial charge in [0.1, 0.15) is 0 Å². The molecule has 0 unspecified atom stereocenters. The molecule has 0 aliphatic carbocycles. The fraction of sp³-hybridized carbons (Fsp3) is 0.188. The van der Waals surface area contributed by atoms with E-state index in [-0.39, 0.29) is 12.5 Å². The van der Waals surface area contributed by atoms with Crippen molar-refractivity contribution >= 4 is 29.1 Å². The first-order valence-electron chi connectivity index (χ1n) is 6.60. The molecule has 0 aliphatic heterocycles. The molecule has 0 atom stereocenters. The van der Waals surface area contributed by atoms with Crippen LogP contribution in [0.25, 0.3) is 0 Å². The highest BCUT2D eigenvalue weighted by Gasteiger charge is 2.02. The van der Waals surface area contributed by atoms with Crippen molar-refractivity contribution in [3.63, 3.8) is 0 Å². The molecule has 2 rings (SSSR count). The lowest BCUT2D eigenvalue weighted by atomic mass is 10.2. The predicted octanol–water partition coefficient (Wildman–Crippen LogP) is 3.40. The Labute approximate surface area is 134 Å². The normalized spacial score (nSPS) is 10.4. The lowest BCUT2D eigenvalue weighted by Crippen LogP contribution is -2.33. The number of nitrogens with one attached hydrogen (secondary N) is 2. The highest BCUT2D eigenvalue weighted by molar-refractivity contribution is 6.34. The van der Waals surface area contributed by atoms with Crippen LogP contribution in [0.15, 0.2) is 48.5 Å². The zero-order valence-corrected chi connectivity index (χ0v) is 12.9. The zero-order chi connectivity index (χ0) is 15.1. The third-order valence-electron chi connectivity index (χ3n) is 2.87. The molecule has 21 heavy (non-hydrogen) atoms. The number of hydrogen-bond donors (Lipinski definition) is 2. The summed E-state index contributed by atoms with van der Waals surface area (Å²) in [4.78, 5) is 11.7. The number of hydrogen-bond acceptors (Lipinski definition) is 2. The maximum absolute atomic E-state index is 11.7. The Hall–Kier alpha value is -1.55. The number of carbonyl (C=O) groups excluding carboxylic acids is 1. The van der Waals surface area contributed by atoms with Crippen LogP contribution in [-0.2, 0) is 17.9 Å². The summed E-state index contributed by atoms with van der Waals surface area (Å²) in [6, 6.07) is 15.1. The first kappa shape index (κ1) is 15.8. The molecule has 0 bridgehead atoms. The van der Waals surface area contributed by atoms with Gasteiger partial charge in [0.05, 0.1) is 6.54 Å². The Balaban J connectivity index is 1.72. The minimum absolute atomic E-state index is 0.0491. The van der Waals surface area contributed by atoms with Crippen molar-refractivity contribution in [2.75, 3.05) is 6.54 Å². The molecule has 2 aromatic carbocycles. The van der Waals surface area contributed by atoms with Gasteiger partial charge in [-0.1, -0.05) is 53.5 Å². The number of benzene rings is 2. The molecule has 0 radical (unpaired) electrons. The number of carbonyl (C=O) groups is 1. The van der Waals surface area contributed by atoms with Crippen molar-refractivity contribution in [2.24, 2.45) is 0 Å². The van der Waals surface area contributed by atoms with Gasteiger partial charge in [-0.2, -0.15) is 0 Å². The Kier molecular flexibility index (Phi) is 6.05. The van der Waals surface area contributed by atoms with Gasteiger partial charge in [-0.05, 0) is 29.3 Å². The fourth-order valence-corrected chi connectivity index (χ4v) is 2.46. The van der Waals surface area contributed by atoms with E-state index < -0.39 is 0 Å². The Morgan fingerprint density at radius 3 is 2.24 bits per heavy atom. The third-order valence-corrected chi connectivity index (χ3v) is 3.31. The lowest BCUT2D eigenvalue weighted by molar-refractivity contribution is -0.120. The molecule has 5 heteroatoms. The van der Waals surface area contributed by atoms with E-state index in [0.717, 1.165) is 11.1 Å². The molecule has 0 saturated carbocycles. The van der Waals surface area contributed by atoms with Crippen LogP contribution >= 0.6 is 23.2 Å². The quantitative estimate of drug-likeness (QED) is 0.855. The minimum atomic E-state index is -0.0491.